The van der Waals surface area contributed by atoms with Crippen molar-refractivity contribution < 1.29 is 50.9 Å². The maximum absolute atomic E-state index is 13.0. The predicted octanol–water partition coefficient (Wildman–Crippen LogP) is 4.76. The summed E-state index contributed by atoms with van der Waals surface area (Å²) in [4.78, 5) is 38.5. The Labute approximate surface area is 270 Å². The number of carbonyl (C=O) groups is 2. The number of hydrogen-bond acceptors (Lipinski definition) is 13. The fraction of sp³-hybridized carbons (Fsp3) is 0.643. The number of unbranched alkanes of at least 4 members (excludes halogenated alkanes) is 3. The van der Waals surface area contributed by atoms with Gasteiger partial charge in [0.15, 0.2) is 38.9 Å². The average Bonchev–Trinajstić information content (AvgIpc) is 3.77. The molecule has 46 heavy (non-hydrogen) atoms. The Morgan fingerprint density at radius 1 is 1.26 bits per heavy atom. The molecule has 4 heterocycles. The second-order valence-electron chi connectivity index (χ2n) is 11.6. The summed E-state index contributed by atoms with van der Waals surface area (Å²) in [6.45, 7) is 1.15. The third-order valence-electron chi connectivity index (χ3n) is 8.14. The minimum atomic E-state index is -4.75. The molecule has 2 aromatic rings. The van der Waals surface area contributed by atoms with Crippen LogP contribution in [0, 0.1) is 11.3 Å². The monoisotopic (exact) mass is 702 g/mol. The second kappa shape index (κ2) is 14.5. The minimum absolute atomic E-state index is 0.0512. The predicted molar refractivity (Wildman–Crippen MR) is 164 cm³/mol. The molecule has 2 N–H and O–H groups in total. The zero-order chi connectivity index (χ0) is 33.1. The summed E-state index contributed by atoms with van der Waals surface area (Å²) >= 11 is 6.42. The maximum Gasteiger partial charge on any atom is 0.509 e. The van der Waals surface area contributed by atoms with Crippen molar-refractivity contribution in [1.29, 1.82) is 5.26 Å². The first-order valence-corrected chi connectivity index (χ1v) is 19.1. The molecule has 5 rings (SSSR count). The quantitative estimate of drug-likeness (QED) is 0.0844. The van der Waals surface area contributed by atoms with E-state index >= 15 is 0 Å². The molecule has 15 nitrogen and oxygen atoms in total. The van der Waals surface area contributed by atoms with Crippen molar-refractivity contribution in [2.75, 3.05) is 23.4 Å². The number of sulfone groups is 1. The highest BCUT2D eigenvalue weighted by molar-refractivity contribution is 7.97. The molecule has 0 bridgehead atoms. The molecular weight excluding hydrogens is 667 g/mol. The van der Waals surface area contributed by atoms with Gasteiger partial charge in [0, 0.05) is 24.0 Å². The van der Waals surface area contributed by atoms with E-state index in [0.29, 0.717) is 23.1 Å². The lowest BCUT2D eigenvalue weighted by atomic mass is 10.1. The molecule has 18 heteroatoms. The number of anilines is 1. The van der Waals surface area contributed by atoms with Gasteiger partial charge in [-0.1, -0.05) is 50.6 Å². The Kier molecular flexibility index (Phi) is 10.8. The van der Waals surface area contributed by atoms with E-state index in [2.05, 4.69) is 16.4 Å². The van der Waals surface area contributed by atoms with Crippen LogP contribution in [0.25, 0.3) is 11.0 Å². The fourth-order valence-corrected chi connectivity index (χ4v) is 9.90. The zero-order valence-corrected chi connectivity index (χ0v) is 27.6. The van der Waals surface area contributed by atoms with Crippen LogP contribution in [0.3, 0.4) is 0 Å². The highest BCUT2D eigenvalue weighted by Crippen LogP contribution is 2.45. The van der Waals surface area contributed by atoms with Gasteiger partial charge < -0.3 is 33.7 Å². The smallest absolute Gasteiger partial charge is 0.438 e. The van der Waals surface area contributed by atoms with Gasteiger partial charge in [0.05, 0.1) is 11.4 Å². The topological polar surface area (TPSA) is 205 Å². The Morgan fingerprint density at radius 3 is 2.72 bits per heavy atom. The molecule has 0 spiro atoms. The van der Waals surface area contributed by atoms with E-state index in [1.807, 2.05) is 6.92 Å². The third kappa shape index (κ3) is 7.95. The number of pyridine rings is 1. The molecule has 2 aliphatic heterocycles. The molecule has 2 saturated heterocycles. The minimum Gasteiger partial charge on any atom is -0.438 e. The lowest BCUT2D eigenvalue weighted by Gasteiger charge is -2.20. The van der Waals surface area contributed by atoms with Gasteiger partial charge in [0.2, 0.25) is 6.79 Å². The molecular formula is C28H36ClN4O11PS. The van der Waals surface area contributed by atoms with Crippen molar-refractivity contribution in [3.05, 3.63) is 23.0 Å². The van der Waals surface area contributed by atoms with E-state index in [9.17, 15) is 32.7 Å². The number of esters is 1. The summed E-state index contributed by atoms with van der Waals surface area (Å²) < 4.78 is 66.3. The number of nitrogens with zero attached hydrogens (tertiary/aromatic N) is 3. The zero-order valence-electron chi connectivity index (χ0n) is 25.1. The number of fused-ring (bicyclic) bond motifs is 2. The molecule has 2 aromatic heterocycles. The van der Waals surface area contributed by atoms with Crippen molar-refractivity contribution >= 4 is 57.9 Å². The van der Waals surface area contributed by atoms with E-state index < -0.39 is 72.1 Å². The molecule has 1 aliphatic carbocycles. The molecule has 3 aliphatic rings. The first-order valence-electron chi connectivity index (χ1n) is 15.1. The van der Waals surface area contributed by atoms with Crippen LogP contribution < -0.4 is 5.32 Å². The second-order valence-corrected chi connectivity index (χ2v) is 16.3. The van der Waals surface area contributed by atoms with Gasteiger partial charge in [-0.2, -0.15) is 5.26 Å². The summed E-state index contributed by atoms with van der Waals surface area (Å²) in [5.41, 5.74) is -0.298. The fourth-order valence-electron chi connectivity index (χ4n) is 5.99. The van der Waals surface area contributed by atoms with E-state index in [1.54, 1.807) is 12.3 Å². The lowest BCUT2D eigenvalue weighted by molar-refractivity contribution is -0.150. The van der Waals surface area contributed by atoms with Gasteiger partial charge in [0.1, 0.15) is 23.4 Å². The van der Waals surface area contributed by atoms with Gasteiger partial charge in [-0.3, -0.25) is 13.9 Å². The Hall–Kier alpha value is -2.93. The third-order valence-corrected chi connectivity index (χ3v) is 12.6. The number of halogens is 1. The highest BCUT2D eigenvalue weighted by Gasteiger charge is 2.56. The van der Waals surface area contributed by atoms with E-state index in [-0.39, 0.29) is 23.2 Å². The van der Waals surface area contributed by atoms with Gasteiger partial charge in [-0.05, 0) is 25.3 Å². The highest BCUT2D eigenvalue weighted by atomic mass is 35.5. The van der Waals surface area contributed by atoms with Crippen molar-refractivity contribution in [2.45, 2.75) is 95.3 Å². The number of nitrogens with one attached hydrogen (secondary N) is 1. The summed E-state index contributed by atoms with van der Waals surface area (Å²) in [6.07, 6.45) is 3.40. The van der Waals surface area contributed by atoms with Crippen LogP contribution in [0.15, 0.2) is 12.3 Å². The van der Waals surface area contributed by atoms with Crippen LogP contribution in [0.1, 0.15) is 76.5 Å². The summed E-state index contributed by atoms with van der Waals surface area (Å²) in [5, 5.41) is 13.7. The summed E-state index contributed by atoms with van der Waals surface area (Å²) in [6, 6.07) is 3.95. The molecule has 5 atom stereocenters. The van der Waals surface area contributed by atoms with Crippen molar-refractivity contribution in [1.82, 2.24) is 9.55 Å². The van der Waals surface area contributed by atoms with Crippen molar-refractivity contribution in [3.63, 3.8) is 0 Å². The molecule has 0 amide bonds. The average molecular weight is 703 g/mol. The first-order chi connectivity index (χ1) is 21.9. The van der Waals surface area contributed by atoms with Crippen LogP contribution in [0.5, 0.6) is 0 Å². The molecule has 0 aromatic carbocycles. The van der Waals surface area contributed by atoms with Gasteiger partial charge in [0.25, 0.3) is 0 Å². The standard InChI is InChI=1S/C28H36ClN4O11PS/c1-2-3-4-5-10-21(34)40-15-41-45(36,37)16-46(38,39)14-20-23-24(44-28(35)43-23)27(42-20)33-12-11-18-22(31-17-8-6-7-9-17)19(13-30)25(29)32-26(18)33/h11-12,17,20,23-24,27H,2-10,14-16H2,1H3,(H,31,32)(H,36,37)/t20-,23-,24-,27-/m1/s1. The maximum atomic E-state index is 13.0. The lowest BCUT2D eigenvalue weighted by Crippen LogP contribution is -2.34. The number of aromatic nitrogens is 2. The molecule has 3 fully saturated rings. The molecule has 1 saturated carbocycles. The normalized spacial score (nSPS) is 24.3. The van der Waals surface area contributed by atoms with Gasteiger partial charge >= 0.3 is 19.7 Å². The molecule has 0 radical (unpaired) electrons. The number of hydrogen-bond donors (Lipinski definition) is 2. The number of carbonyl (C=O) groups excluding carboxylic acids is 2. The summed E-state index contributed by atoms with van der Waals surface area (Å²) in [7, 11) is -9.12. The van der Waals surface area contributed by atoms with E-state index in [0.717, 1.165) is 44.9 Å². The van der Waals surface area contributed by atoms with Crippen LogP contribution >= 0.6 is 19.2 Å². The van der Waals surface area contributed by atoms with E-state index in [4.69, 9.17) is 35.1 Å². The van der Waals surface area contributed by atoms with Crippen LogP contribution in [-0.2, 0) is 42.7 Å². The summed E-state index contributed by atoms with van der Waals surface area (Å²) in [5.74, 6) is -1.44. The van der Waals surface area contributed by atoms with Crippen molar-refractivity contribution in [3.8, 4) is 6.07 Å². The molecule has 1 unspecified atom stereocenters. The number of nitriles is 1. The van der Waals surface area contributed by atoms with Gasteiger partial charge in [-0.15, -0.1) is 0 Å². The van der Waals surface area contributed by atoms with Gasteiger partial charge in [-0.25, -0.2) is 18.2 Å². The Balaban J connectivity index is 1.28. The SMILES string of the molecule is CCCCCCC(=O)OCOP(=O)(O)CS(=O)(=O)C[C@H]1O[C@@H](n2ccc3c(NC4CCCC4)c(C#N)c(Cl)nc32)[C@@H]2OC(=O)O[C@@H]21. The number of rotatable bonds is 15. The largest absolute Gasteiger partial charge is 0.509 e. The first kappa shape index (κ1) is 34.4. The van der Waals surface area contributed by atoms with Crippen LogP contribution in [0.4, 0.5) is 10.5 Å². The van der Waals surface area contributed by atoms with Crippen LogP contribution in [0.2, 0.25) is 5.15 Å². The number of ether oxygens (including phenoxy) is 4. The van der Waals surface area contributed by atoms with Crippen molar-refractivity contribution in [2.24, 2.45) is 0 Å². The van der Waals surface area contributed by atoms with E-state index in [1.165, 1.54) is 4.57 Å². The Morgan fingerprint density at radius 2 is 2.00 bits per heavy atom. The van der Waals surface area contributed by atoms with Crippen LogP contribution in [-0.4, -0.2) is 77.4 Å². The Bertz CT molecular complexity index is 1660. The molecule has 252 valence electrons.